The van der Waals surface area contributed by atoms with Gasteiger partial charge < -0.3 is 4.74 Å². The molecule has 3 aromatic rings. The zero-order valence-electron chi connectivity index (χ0n) is 11.5. The van der Waals surface area contributed by atoms with Crippen LogP contribution >= 0.6 is 22.9 Å². The van der Waals surface area contributed by atoms with Crippen LogP contribution in [0.2, 0.25) is 5.02 Å². The van der Waals surface area contributed by atoms with Gasteiger partial charge in [0.2, 0.25) is 0 Å². The van der Waals surface area contributed by atoms with Gasteiger partial charge in [0.1, 0.15) is 21.5 Å². The van der Waals surface area contributed by atoms with Crippen molar-refractivity contribution < 1.29 is 4.74 Å². The number of hydrogen-bond donors (Lipinski definition) is 0. The Bertz CT molecular complexity index is 880. The van der Waals surface area contributed by atoms with Crippen molar-refractivity contribution in [3.05, 3.63) is 39.9 Å². The first kappa shape index (κ1) is 13.9. The van der Waals surface area contributed by atoms with E-state index in [-0.39, 0.29) is 0 Å². The fourth-order valence-electron chi connectivity index (χ4n) is 2.13. The van der Waals surface area contributed by atoms with E-state index in [4.69, 9.17) is 22.8 Å². The molecule has 0 saturated heterocycles. The SMILES string of the molecule is C#Cc1csc(-c2cc(C)c3ccc(OC)c(Cl)c3n2)n1. The molecule has 1 aromatic carbocycles. The van der Waals surface area contributed by atoms with Crippen LogP contribution in [0.25, 0.3) is 21.6 Å². The molecule has 0 spiro atoms. The van der Waals surface area contributed by atoms with Gasteiger partial charge in [-0.2, -0.15) is 0 Å². The Hall–Kier alpha value is -2.09. The average molecular weight is 315 g/mol. The fraction of sp³-hybridized carbons (Fsp3) is 0.125. The Balaban J connectivity index is 2.26. The van der Waals surface area contributed by atoms with Crippen LogP contribution in [0.15, 0.2) is 23.6 Å². The third-order valence-corrected chi connectivity index (χ3v) is 4.41. The van der Waals surface area contributed by atoms with Gasteiger partial charge in [-0.25, -0.2) is 9.97 Å². The summed E-state index contributed by atoms with van der Waals surface area (Å²) in [5.41, 5.74) is 3.17. The number of pyridine rings is 1. The minimum absolute atomic E-state index is 0.508. The second kappa shape index (κ2) is 5.36. The number of thiazole rings is 1. The summed E-state index contributed by atoms with van der Waals surface area (Å²) in [6, 6.07) is 5.80. The molecule has 0 amide bonds. The molecule has 104 valence electrons. The molecule has 3 rings (SSSR count). The van der Waals surface area contributed by atoms with Gasteiger partial charge >= 0.3 is 0 Å². The summed E-state index contributed by atoms with van der Waals surface area (Å²) >= 11 is 7.84. The highest BCUT2D eigenvalue weighted by Crippen LogP contribution is 2.35. The predicted octanol–water partition coefficient (Wildman–Crippen LogP) is 4.31. The largest absolute Gasteiger partial charge is 0.495 e. The van der Waals surface area contributed by atoms with E-state index in [9.17, 15) is 0 Å². The van der Waals surface area contributed by atoms with E-state index >= 15 is 0 Å². The lowest BCUT2D eigenvalue weighted by atomic mass is 10.1. The number of benzene rings is 1. The molecule has 2 heterocycles. The molecular formula is C16H11ClN2OS. The highest BCUT2D eigenvalue weighted by Gasteiger charge is 2.13. The number of ether oxygens (including phenoxy) is 1. The fourth-order valence-corrected chi connectivity index (χ4v) is 3.14. The van der Waals surface area contributed by atoms with Gasteiger partial charge in [0.15, 0.2) is 0 Å². The average Bonchev–Trinajstić information content (AvgIpc) is 2.97. The molecule has 3 nitrogen and oxygen atoms in total. The molecule has 0 atom stereocenters. The molecule has 21 heavy (non-hydrogen) atoms. The first-order valence-electron chi connectivity index (χ1n) is 6.20. The van der Waals surface area contributed by atoms with Crippen molar-refractivity contribution in [3.8, 4) is 28.8 Å². The number of rotatable bonds is 2. The van der Waals surface area contributed by atoms with E-state index in [1.807, 2.05) is 30.5 Å². The molecular weight excluding hydrogens is 304 g/mol. The molecule has 0 aliphatic rings. The second-order valence-corrected chi connectivity index (χ2v) is 5.72. The van der Waals surface area contributed by atoms with Crippen molar-refractivity contribution in [2.24, 2.45) is 0 Å². The zero-order valence-corrected chi connectivity index (χ0v) is 13.0. The smallest absolute Gasteiger partial charge is 0.143 e. The van der Waals surface area contributed by atoms with Crippen LogP contribution in [0, 0.1) is 19.3 Å². The van der Waals surface area contributed by atoms with E-state index in [1.54, 1.807) is 7.11 Å². The van der Waals surface area contributed by atoms with Crippen molar-refractivity contribution in [2.75, 3.05) is 7.11 Å². The van der Waals surface area contributed by atoms with Crippen LogP contribution in [-0.4, -0.2) is 17.1 Å². The Labute approximate surface area is 131 Å². The van der Waals surface area contributed by atoms with Crippen molar-refractivity contribution in [1.82, 2.24) is 9.97 Å². The van der Waals surface area contributed by atoms with Gasteiger partial charge in [-0.15, -0.1) is 17.8 Å². The molecule has 0 aliphatic carbocycles. The summed E-state index contributed by atoms with van der Waals surface area (Å²) in [7, 11) is 1.59. The molecule has 0 radical (unpaired) electrons. The van der Waals surface area contributed by atoms with Gasteiger partial charge in [-0.1, -0.05) is 11.6 Å². The zero-order chi connectivity index (χ0) is 15.0. The summed E-state index contributed by atoms with van der Waals surface area (Å²) in [6.45, 7) is 2.02. The number of methoxy groups -OCH3 is 1. The minimum Gasteiger partial charge on any atom is -0.495 e. The number of fused-ring (bicyclic) bond motifs is 1. The Morgan fingerprint density at radius 2 is 2.14 bits per heavy atom. The lowest BCUT2D eigenvalue weighted by Crippen LogP contribution is -1.92. The highest BCUT2D eigenvalue weighted by atomic mass is 35.5. The van der Waals surface area contributed by atoms with E-state index in [0.717, 1.165) is 21.7 Å². The maximum Gasteiger partial charge on any atom is 0.143 e. The third kappa shape index (κ3) is 2.35. The van der Waals surface area contributed by atoms with Crippen LogP contribution in [0.3, 0.4) is 0 Å². The van der Waals surface area contributed by atoms with E-state index < -0.39 is 0 Å². The molecule has 0 fully saturated rings. The number of hydrogen-bond acceptors (Lipinski definition) is 4. The summed E-state index contributed by atoms with van der Waals surface area (Å²) in [6.07, 6.45) is 5.36. The predicted molar refractivity (Wildman–Crippen MR) is 87.1 cm³/mol. The molecule has 0 saturated carbocycles. The van der Waals surface area contributed by atoms with Crippen LogP contribution in [0.1, 0.15) is 11.3 Å². The van der Waals surface area contributed by atoms with Gasteiger partial charge in [-0.3, -0.25) is 0 Å². The second-order valence-electron chi connectivity index (χ2n) is 4.48. The molecule has 0 bridgehead atoms. The van der Waals surface area contributed by atoms with Gasteiger partial charge in [0.25, 0.3) is 0 Å². The van der Waals surface area contributed by atoms with E-state index in [2.05, 4.69) is 15.9 Å². The monoisotopic (exact) mass is 314 g/mol. The van der Waals surface area contributed by atoms with Crippen molar-refractivity contribution >= 4 is 33.8 Å². The quantitative estimate of drug-likeness (QED) is 0.661. The van der Waals surface area contributed by atoms with Crippen molar-refractivity contribution in [2.45, 2.75) is 6.92 Å². The molecule has 2 aromatic heterocycles. The molecule has 0 unspecified atom stereocenters. The third-order valence-electron chi connectivity index (χ3n) is 3.18. The Morgan fingerprint density at radius 1 is 1.33 bits per heavy atom. The van der Waals surface area contributed by atoms with Crippen LogP contribution in [0.5, 0.6) is 5.75 Å². The summed E-state index contributed by atoms with van der Waals surface area (Å²) < 4.78 is 5.25. The number of terminal acetylenes is 1. The van der Waals surface area contributed by atoms with Crippen LogP contribution in [0.4, 0.5) is 0 Å². The lowest BCUT2D eigenvalue weighted by Gasteiger charge is -2.09. The first-order chi connectivity index (χ1) is 10.1. The summed E-state index contributed by atoms with van der Waals surface area (Å²) in [5, 5.41) is 4.13. The molecule has 0 aliphatic heterocycles. The normalized spacial score (nSPS) is 10.6. The summed E-state index contributed by atoms with van der Waals surface area (Å²) in [5.74, 6) is 3.13. The Kier molecular flexibility index (Phi) is 3.54. The molecule has 0 N–H and O–H groups in total. The lowest BCUT2D eigenvalue weighted by molar-refractivity contribution is 0.415. The maximum atomic E-state index is 6.37. The Morgan fingerprint density at radius 3 is 2.81 bits per heavy atom. The van der Waals surface area contributed by atoms with Gasteiger partial charge in [-0.05, 0) is 36.6 Å². The topological polar surface area (TPSA) is 35.0 Å². The minimum atomic E-state index is 0.508. The number of nitrogens with zero attached hydrogens (tertiary/aromatic N) is 2. The van der Waals surface area contributed by atoms with E-state index in [1.165, 1.54) is 11.3 Å². The van der Waals surface area contributed by atoms with Gasteiger partial charge in [0, 0.05) is 10.8 Å². The number of aryl methyl sites for hydroxylation is 1. The van der Waals surface area contributed by atoms with Crippen molar-refractivity contribution in [1.29, 1.82) is 0 Å². The highest BCUT2D eigenvalue weighted by molar-refractivity contribution is 7.13. The number of halogens is 1. The van der Waals surface area contributed by atoms with Crippen LogP contribution in [-0.2, 0) is 0 Å². The van der Waals surface area contributed by atoms with Crippen molar-refractivity contribution in [3.63, 3.8) is 0 Å². The standard InChI is InChI=1S/C16H11ClN2OS/c1-4-10-8-21-16(18-10)12-7-9(2)11-5-6-13(20-3)14(17)15(11)19-12/h1,5-8H,2-3H3. The van der Waals surface area contributed by atoms with Gasteiger partial charge in [0.05, 0.1) is 18.3 Å². The first-order valence-corrected chi connectivity index (χ1v) is 7.46. The summed E-state index contributed by atoms with van der Waals surface area (Å²) in [4.78, 5) is 8.99. The number of aromatic nitrogens is 2. The van der Waals surface area contributed by atoms with E-state index in [0.29, 0.717) is 22.0 Å². The molecule has 5 heteroatoms. The van der Waals surface area contributed by atoms with Crippen LogP contribution < -0.4 is 4.74 Å². The maximum absolute atomic E-state index is 6.37.